The molecular formula is C15H12N4O3. The minimum absolute atomic E-state index is 0.0477. The number of nitrogens with two attached hydrogens (primary N) is 1. The Hall–Kier alpha value is -3.40. The normalized spacial score (nSPS) is 9.77. The lowest BCUT2D eigenvalue weighted by Crippen LogP contribution is -2.23. The lowest BCUT2D eigenvalue weighted by molar-refractivity contribution is -0.384. The van der Waals surface area contributed by atoms with E-state index in [-0.39, 0.29) is 23.5 Å². The van der Waals surface area contributed by atoms with Crippen LogP contribution in [0.1, 0.15) is 21.5 Å². The first kappa shape index (κ1) is 15.0. The maximum atomic E-state index is 12.0. The molecule has 0 aliphatic heterocycles. The molecule has 0 saturated heterocycles. The van der Waals surface area contributed by atoms with Crippen molar-refractivity contribution in [1.82, 2.24) is 5.32 Å². The Labute approximate surface area is 126 Å². The second-order valence-corrected chi connectivity index (χ2v) is 4.52. The van der Waals surface area contributed by atoms with E-state index in [1.54, 1.807) is 24.3 Å². The summed E-state index contributed by atoms with van der Waals surface area (Å²) in [6, 6.07) is 12.5. The number of benzene rings is 2. The number of nitrogens with one attached hydrogen (secondary N) is 1. The van der Waals surface area contributed by atoms with E-state index in [9.17, 15) is 14.9 Å². The second kappa shape index (κ2) is 6.37. The number of non-ortho nitro benzene ring substituents is 1. The minimum atomic E-state index is -0.575. The molecule has 0 spiro atoms. The first-order chi connectivity index (χ1) is 10.5. The van der Waals surface area contributed by atoms with Crippen LogP contribution in [0.3, 0.4) is 0 Å². The van der Waals surface area contributed by atoms with Gasteiger partial charge in [-0.25, -0.2) is 0 Å². The van der Waals surface area contributed by atoms with Gasteiger partial charge in [0, 0.05) is 18.7 Å². The zero-order chi connectivity index (χ0) is 16.1. The Morgan fingerprint density at radius 1 is 1.27 bits per heavy atom. The molecule has 0 unspecified atom stereocenters. The molecule has 7 heteroatoms. The highest BCUT2D eigenvalue weighted by molar-refractivity contribution is 5.99. The zero-order valence-corrected chi connectivity index (χ0v) is 11.4. The van der Waals surface area contributed by atoms with Gasteiger partial charge in [-0.15, -0.1) is 0 Å². The van der Waals surface area contributed by atoms with Crippen molar-refractivity contribution in [2.45, 2.75) is 6.54 Å². The van der Waals surface area contributed by atoms with Crippen LogP contribution in [0.15, 0.2) is 42.5 Å². The maximum absolute atomic E-state index is 12.0. The molecule has 0 fully saturated rings. The average Bonchev–Trinajstić information content (AvgIpc) is 2.52. The van der Waals surface area contributed by atoms with Crippen molar-refractivity contribution < 1.29 is 9.72 Å². The van der Waals surface area contributed by atoms with Crippen molar-refractivity contribution >= 4 is 17.3 Å². The SMILES string of the molecule is N#Cc1ccc(CNC(=O)c2ccc([N+](=O)[O-])cc2N)cc1. The van der Waals surface area contributed by atoms with Gasteiger partial charge >= 0.3 is 0 Å². The molecule has 0 heterocycles. The molecule has 110 valence electrons. The van der Waals surface area contributed by atoms with Crippen LogP contribution in [0.2, 0.25) is 0 Å². The van der Waals surface area contributed by atoms with Crippen LogP contribution in [0, 0.1) is 21.4 Å². The molecule has 0 radical (unpaired) electrons. The Morgan fingerprint density at radius 2 is 1.95 bits per heavy atom. The number of rotatable bonds is 4. The van der Waals surface area contributed by atoms with Gasteiger partial charge in [0.05, 0.1) is 27.8 Å². The Morgan fingerprint density at radius 3 is 2.50 bits per heavy atom. The van der Waals surface area contributed by atoms with E-state index in [1.165, 1.54) is 12.1 Å². The van der Waals surface area contributed by atoms with Gasteiger partial charge in [0.1, 0.15) is 0 Å². The van der Waals surface area contributed by atoms with E-state index in [4.69, 9.17) is 11.0 Å². The predicted molar refractivity (Wildman–Crippen MR) is 79.8 cm³/mol. The number of nitrogens with zero attached hydrogens (tertiary/aromatic N) is 2. The highest BCUT2D eigenvalue weighted by atomic mass is 16.6. The van der Waals surface area contributed by atoms with Gasteiger partial charge in [0.25, 0.3) is 11.6 Å². The van der Waals surface area contributed by atoms with Crippen molar-refractivity contribution in [3.8, 4) is 6.07 Å². The third-order valence-electron chi connectivity index (χ3n) is 3.03. The van der Waals surface area contributed by atoms with Crippen LogP contribution in [-0.4, -0.2) is 10.8 Å². The number of nitrogen functional groups attached to an aromatic ring is 1. The van der Waals surface area contributed by atoms with E-state index in [0.717, 1.165) is 11.6 Å². The fourth-order valence-corrected chi connectivity index (χ4v) is 1.85. The molecule has 0 bridgehead atoms. The Kier molecular flexibility index (Phi) is 4.34. The number of amides is 1. The number of nitro benzene ring substituents is 1. The molecule has 0 aliphatic carbocycles. The second-order valence-electron chi connectivity index (χ2n) is 4.52. The van der Waals surface area contributed by atoms with Crippen molar-refractivity contribution in [2.24, 2.45) is 0 Å². The summed E-state index contributed by atoms with van der Waals surface area (Å²) >= 11 is 0. The van der Waals surface area contributed by atoms with E-state index < -0.39 is 10.8 Å². The van der Waals surface area contributed by atoms with Gasteiger partial charge in [0.15, 0.2) is 0 Å². The largest absolute Gasteiger partial charge is 0.398 e. The van der Waals surface area contributed by atoms with E-state index in [2.05, 4.69) is 5.32 Å². The van der Waals surface area contributed by atoms with Gasteiger partial charge in [0.2, 0.25) is 0 Å². The molecular weight excluding hydrogens is 284 g/mol. The van der Waals surface area contributed by atoms with Crippen molar-refractivity contribution in [3.63, 3.8) is 0 Å². The van der Waals surface area contributed by atoms with Gasteiger partial charge in [-0.2, -0.15) is 5.26 Å². The molecule has 2 rings (SSSR count). The number of nitro groups is 1. The van der Waals surface area contributed by atoms with Gasteiger partial charge in [-0.1, -0.05) is 12.1 Å². The molecule has 2 aromatic carbocycles. The Bertz CT molecular complexity index is 763. The molecule has 0 saturated carbocycles. The topological polar surface area (TPSA) is 122 Å². The smallest absolute Gasteiger partial charge is 0.271 e. The Balaban J connectivity index is 2.06. The zero-order valence-electron chi connectivity index (χ0n) is 11.4. The molecule has 0 aliphatic rings. The number of carbonyl (C=O) groups excluding carboxylic acids is 1. The molecule has 0 atom stereocenters. The highest BCUT2D eigenvalue weighted by Crippen LogP contribution is 2.19. The van der Waals surface area contributed by atoms with E-state index >= 15 is 0 Å². The average molecular weight is 296 g/mol. The molecule has 1 amide bonds. The lowest BCUT2D eigenvalue weighted by Gasteiger charge is -2.07. The fourth-order valence-electron chi connectivity index (χ4n) is 1.85. The van der Waals surface area contributed by atoms with Crippen LogP contribution in [-0.2, 0) is 6.54 Å². The first-order valence-corrected chi connectivity index (χ1v) is 6.32. The molecule has 2 aromatic rings. The standard InChI is InChI=1S/C15H12N4O3/c16-8-10-1-3-11(4-2-10)9-18-15(20)13-6-5-12(19(21)22)7-14(13)17/h1-7H,9,17H2,(H,18,20). The van der Waals surface area contributed by atoms with Crippen LogP contribution < -0.4 is 11.1 Å². The number of anilines is 1. The number of carbonyl (C=O) groups is 1. The third-order valence-corrected chi connectivity index (χ3v) is 3.03. The quantitative estimate of drug-likeness (QED) is 0.507. The summed E-state index contributed by atoms with van der Waals surface area (Å²) in [6.07, 6.45) is 0. The number of hydrogen-bond acceptors (Lipinski definition) is 5. The summed E-state index contributed by atoms with van der Waals surface area (Å²) in [5.41, 5.74) is 7.09. The first-order valence-electron chi connectivity index (χ1n) is 6.32. The third kappa shape index (κ3) is 3.37. The van der Waals surface area contributed by atoms with E-state index in [1.807, 2.05) is 6.07 Å². The fraction of sp³-hybridized carbons (Fsp3) is 0.0667. The monoisotopic (exact) mass is 296 g/mol. The lowest BCUT2D eigenvalue weighted by atomic mass is 10.1. The summed E-state index contributed by atoms with van der Waals surface area (Å²) in [5.74, 6) is -0.420. The van der Waals surface area contributed by atoms with E-state index in [0.29, 0.717) is 5.56 Å². The summed E-state index contributed by atoms with van der Waals surface area (Å²) in [5, 5.41) is 22.0. The van der Waals surface area contributed by atoms with Gasteiger partial charge in [-0.3, -0.25) is 14.9 Å². The molecule has 0 aromatic heterocycles. The van der Waals surface area contributed by atoms with Gasteiger partial charge < -0.3 is 11.1 Å². The highest BCUT2D eigenvalue weighted by Gasteiger charge is 2.13. The molecule has 22 heavy (non-hydrogen) atoms. The summed E-state index contributed by atoms with van der Waals surface area (Å²) in [7, 11) is 0. The minimum Gasteiger partial charge on any atom is -0.398 e. The van der Waals surface area contributed by atoms with Crippen LogP contribution in [0.4, 0.5) is 11.4 Å². The summed E-state index contributed by atoms with van der Waals surface area (Å²) in [6.45, 7) is 0.265. The maximum Gasteiger partial charge on any atom is 0.271 e. The number of nitriles is 1. The van der Waals surface area contributed by atoms with Crippen molar-refractivity contribution in [1.29, 1.82) is 5.26 Å². The van der Waals surface area contributed by atoms with Gasteiger partial charge in [-0.05, 0) is 23.8 Å². The van der Waals surface area contributed by atoms with Crippen LogP contribution in [0.25, 0.3) is 0 Å². The van der Waals surface area contributed by atoms with Crippen molar-refractivity contribution in [3.05, 3.63) is 69.3 Å². The van der Waals surface area contributed by atoms with Crippen LogP contribution >= 0.6 is 0 Å². The number of hydrogen-bond donors (Lipinski definition) is 2. The molecule has 3 N–H and O–H groups in total. The summed E-state index contributed by atoms with van der Waals surface area (Å²) < 4.78 is 0. The summed E-state index contributed by atoms with van der Waals surface area (Å²) in [4.78, 5) is 22.1. The van der Waals surface area contributed by atoms with Crippen molar-refractivity contribution in [2.75, 3.05) is 5.73 Å². The molecule has 7 nitrogen and oxygen atoms in total. The van der Waals surface area contributed by atoms with Crippen LogP contribution in [0.5, 0.6) is 0 Å². The predicted octanol–water partition coefficient (Wildman–Crippen LogP) is 1.98.